The Morgan fingerprint density at radius 3 is 2.84 bits per heavy atom. The van der Waals surface area contributed by atoms with Crippen molar-refractivity contribution in [3.63, 3.8) is 0 Å². The van der Waals surface area contributed by atoms with Crippen molar-refractivity contribution < 1.29 is 4.79 Å². The number of allylic oxidation sites excluding steroid dienone is 2. The minimum Gasteiger partial charge on any atom is -0.313 e. The Kier molecular flexibility index (Phi) is 6.85. The molecule has 0 atom stereocenters. The molecule has 9 heteroatoms. The quantitative estimate of drug-likeness (QED) is 0.360. The van der Waals surface area contributed by atoms with Gasteiger partial charge in [-0.2, -0.15) is 0 Å². The van der Waals surface area contributed by atoms with Crippen LogP contribution in [0.5, 0.6) is 0 Å². The average molecular weight is 486 g/mol. The highest BCUT2D eigenvalue weighted by atomic mass is 32.2. The average Bonchev–Trinajstić information content (AvgIpc) is 3.43. The summed E-state index contributed by atoms with van der Waals surface area (Å²) in [6, 6.07) is 8.63. The van der Waals surface area contributed by atoms with Crippen LogP contribution in [0.1, 0.15) is 51.3 Å². The van der Waals surface area contributed by atoms with Crippen LogP contribution in [0.2, 0.25) is 0 Å². The van der Waals surface area contributed by atoms with E-state index in [4.69, 9.17) is 4.98 Å². The number of fused-ring (bicyclic) bond motifs is 1. The highest BCUT2D eigenvalue weighted by molar-refractivity contribution is 8.00. The summed E-state index contributed by atoms with van der Waals surface area (Å²) in [5.41, 5.74) is 2.29. The summed E-state index contributed by atoms with van der Waals surface area (Å²) in [4.78, 5) is 19.9. The molecular weight excluding hydrogens is 458 g/mol. The van der Waals surface area contributed by atoms with E-state index in [-0.39, 0.29) is 5.91 Å². The predicted molar refractivity (Wildman–Crippen MR) is 132 cm³/mol. The Hall–Kier alpha value is -1.84. The fourth-order valence-electron chi connectivity index (χ4n) is 4.06. The summed E-state index contributed by atoms with van der Waals surface area (Å²) in [5, 5.41) is 9.66. The van der Waals surface area contributed by atoms with Crippen molar-refractivity contribution in [3.8, 4) is 0 Å². The first kappa shape index (κ1) is 22.0. The van der Waals surface area contributed by atoms with E-state index in [0.717, 1.165) is 58.8 Å². The van der Waals surface area contributed by atoms with Crippen molar-refractivity contribution in [1.82, 2.24) is 24.6 Å². The summed E-state index contributed by atoms with van der Waals surface area (Å²) in [6.07, 6.45) is 9.09. The summed E-state index contributed by atoms with van der Waals surface area (Å²) >= 11 is 4.92. The largest absolute Gasteiger partial charge is 0.313 e. The molecule has 1 aromatic carbocycles. The number of carbonyl (C=O) groups excluding carboxylic acids is 1. The molecule has 32 heavy (non-hydrogen) atoms. The molecule has 168 valence electrons. The molecule has 0 bridgehead atoms. The van der Waals surface area contributed by atoms with E-state index in [1.165, 1.54) is 35.0 Å². The number of carbonyl (C=O) groups is 1. The van der Waals surface area contributed by atoms with Gasteiger partial charge in [0.15, 0.2) is 9.50 Å². The van der Waals surface area contributed by atoms with Crippen LogP contribution in [0.3, 0.4) is 0 Å². The Labute approximate surface area is 200 Å². The lowest BCUT2D eigenvalue weighted by molar-refractivity contribution is -0.127. The van der Waals surface area contributed by atoms with E-state index in [0.29, 0.717) is 11.8 Å². The van der Waals surface area contributed by atoms with Crippen molar-refractivity contribution in [3.05, 3.63) is 41.9 Å². The summed E-state index contributed by atoms with van der Waals surface area (Å²) in [7, 11) is 0. The van der Waals surface area contributed by atoms with E-state index in [1.54, 1.807) is 23.1 Å². The molecule has 0 aliphatic heterocycles. The molecule has 3 aromatic rings. The number of benzene rings is 1. The van der Waals surface area contributed by atoms with Crippen LogP contribution in [-0.4, -0.2) is 42.4 Å². The zero-order valence-corrected chi connectivity index (χ0v) is 20.6. The normalized spacial score (nSPS) is 16.3. The maximum absolute atomic E-state index is 13.1. The highest BCUT2D eigenvalue weighted by Gasteiger charge is 2.35. The standard InChI is InChI=1S/C23H27N5OS3/c1-2-27-20(14-31-23-24-18-10-6-7-11-19(18)32-23)25-26-22(27)30-15-21(29)28(17-12-13-17)16-8-4-3-5-9-16/h6-8,10-11,17H,2-5,9,12-15H2,1H3. The maximum Gasteiger partial charge on any atom is 0.237 e. The number of amides is 1. The lowest BCUT2D eigenvalue weighted by Crippen LogP contribution is -2.34. The lowest BCUT2D eigenvalue weighted by atomic mass is 10.0. The molecular formula is C23H27N5OS3. The number of nitrogens with zero attached hydrogens (tertiary/aromatic N) is 5. The molecule has 0 N–H and O–H groups in total. The number of hydrogen-bond donors (Lipinski definition) is 0. The Bertz CT molecular complexity index is 1100. The van der Waals surface area contributed by atoms with Crippen LogP contribution in [0.4, 0.5) is 0 Å². The van der Waals surface area contributed by atoms with Crippen LogP contribution in [0.25, 0.3) is 10.2 Å². The second-order valence-electron chi connectivity index (χ2n) is 8.10. The lowest BCUT2D eigenvalue weighted by Gasteiger charge is -2.27. The Morgan fingerprint density at radius 2 is 2.09 bits per heavy atom. The van der Waals surface area contributed by atoms with Crippen molar-refractivity contribution in [1.29, 1.82) is 0 Å². The zero-order valence-electron chi connectivity index (χ0n) is 18.2. The molecule has 0 unspecified atom stereocenters. The van der Waals surface area contributed by atoms with Crippen molar-refractivity contribution in [2.75, 3.05) is 5.75 Å². The van der Waals surface area contributed by atoms with Gasteiger partial charge in [-0.25, -0.2) is 4.98 Å². The maximum atomic E-state index is 13.1. The van der Waals surface area contributed by atoms with Crippen LogP contribution in [0.15, 0.2) is 45.5 Å². The molecule has 5 rings (SSSR count). The minimum absolute atomic E-state index is 0.210. The molecule has 0 saturated heterocycles. The third-order valence-electron chi connectivity index (χ3n) is 5.79. The monoisotopic (exact) mass is 485 g/mol. The number of hydrogen-bond acceptors (Lipinski definition) is 7. The number of thioether (sulfide) groups is 2. The van der Waals surface area contributed by atoms with E-state index < -0.39 is 0 Å². The summed E-state index contributed by atoms with van der Waals surface area (Å²) < 4.78 is 4.37. The fraction of sp³-hybridized carbons (Fsp3) is 0.478. The molecule has 2 aliphatic rings. The first-order valence-electron chi connectivity index (χ1n) is 11.3. The Morgan fingerprint density at radius 1 is 1.22 bits per heavy atom. The SMILES string of the molecule is CCn1c(CSc2nc3ccccc3s2)nnc1SCC(=O)N(C1=CCCCC1)C1CC1. The van der Waals surface area contributed by atoms with Gasteiger partial charge < -0.3 is 9.47 Å². The van der Waals surface area contributed by atoms with Gasteiger partial charge in [-0.1, -0.05) is 41.7 Å². The summed E-state index contributed by atoms with van der Waals surface area (Å²) in [5.74, 6) is 2.27. The van der Waals surface area contributed by atoms with E-state index >= 15 is 0 Å². The van der Waals surface area contributed by atoms with E-state index in [1.807, 2.05) is 18.2 Å². The van der Waals surface area contributed by atoms with Crippen LogP contribution < -0.4 is 0 Å². The topological polar surface area (TPSA) is 63.9 Å². The second-order valence-corrected chi connectivity index (χ2v) is 11.3. The van der Waals surface area contributed by atoms with Gasteiger partial charge in [0, 0.05) is 18.3 Å². The van der Waals surface area contributed by atoms with Crippen LogP contribution in [0, 0.1) is 0 Å². The molecule has 1 saturated carbocycles. The van der Waals surface area contributed by atoms with Gasteiger partial charge in [0.05, 0.1) is 21.7 Å². The molecule has 2 aliphatic carbocycles. The van der Waals surface area contributed by atoms with E-state index in [2.05, 4.69) is 38.7 Å². The van der Waals surface area contributed by atoms with Gasteiger partial charge in [-0.3, -0.25) is 4.79 Å². The molecule has 1 amide bonds. The molecule has 0 radical (unpaired) electrons. The predicted octanol–water partition coefficient (Wildman–Crippen LogP) is 5.74. The molecule has 2 heterocycles. The third-order valence-corrected chi connectivity index (χ3v) is 8.92. The van der Waals surface area contributed by atoms with Gasteiger partial charge in [0.1, 0.15) is 5.82 Å². The molecule has 1 fully saturated rings. The van der Waals surface area contributed by atoms with Crippen LogP contribution >= 0.6 is 34.9 Å². The highest BCUT2D eigenvalue weighted by Crippen LogP contribution is 2.35. The Balaban J connectivity index is 1.22. The smallest absolute Gasteiger partial charge is 0.237 e. The number of para-hydroxylation sites is 1. The number of rotatable bonds is 9. The third kappa shape index (κ3) is 4.89. The zero-order chi connectivity index (χ0) is 21.9. The fourth-order valence-corrected chi connectivity index (χ4v) is 6.94. The van der Waals surface area contributed by atoms with E-state index in [9.17, 15) is 4.79 Å². The number of thiazole rings is 1. The van der Waals surface area contributed by atoms with Crippen molar-refractivity contribution in [2.45, 2.75) is 73.3 Å². The van der Waals surface area contributed by atoms with Crippen molar-refractivity contribution >= 4 is 51.0 Å². The van der Waals surface area contributed by atoms with Crippen LogP contribution in [-0.2, 0) is 17.1 Å². The van der Waals surface area contributed by atoms with Gasteiger partial charge in [-0.05, 0) is 57.6 Å². The first-order valence-corrected chi connectivity index (χ1v) is 14.1. The van der Waals surface area contributed by atoms with Gasteiger partial charge in [0.2, 0.25) is 5.91 Å². The molecule has 6 nitrogen and oxygen atoms in total. The molecule has 2 aromatic heterocycles. The second kappa shape index (κ2) is 9.97. The van der Waals surface area contributed by atoms with Crippen molar-refractivity contribution in [2.24, 2.45) is 0 Å². The number of aromatic nitrogens is 4. The molecule has 0 spiro atoms. The van der Waals surface area contributed by atoms with Gasteiger partial charge in [-0.15, -0.1) is 21.5 Å². The first-order chi connectivity index (χ1) is 15.7. The summed E-state index contributed by atoms with van der Waals surface area (Å²) in [6.45, 7) is 2.89. The van der Waals surface area contributed by atoms with Gasteiger partial charge in [0.25, 0.3) is 0 Å². The van der Waals surface area contributed by atoms with Gasteiger partial charge >= 0.3 is 0 Å². The minimum atomic E-state index is 0.210.